The fourth-order valence-electron chi connectivity index (χ4n) is 1.86. The first-order chi connectivity index (χ1) is 9.63. The summed E-state index contributed by atoms with van der Waals surface area (Å²) in [5.74, 6) is -0.637. The van der Waals surface area contributed by atoms with Crippen LogP contribution in [0.25, 0.3) is 10.9 Å². The summed E-state index contributed by atoms with van der Waals surface area (Å²) in [6.07, 6.45) is 1.69. The lowest BCUT2D eigenvalue weighted by Crippen LogP contribution is -2.12. The van der Waals surface area contributed by atoms with Crippen LogP contribution in [0.5, 0.6) is 0 Å². The highest BCUT2D eigenvalue weighted by atomic mass is 79.9. The SMILES string of the molecule is O=C(Nc1ccc(F)cc1Br)c1ccc2cn[nH]c2c1. The van der Waals surface area contributed by atoms with Gasteiger partial charge in [0.15, 0.2) is 0 Å². The van der Waals surface area contributed by atoms with Crippen LogP contribution < -0.4 is 5.32 Å². The molecule has 0 spiro atoms. The van der Waals surface area contributed by atoms with Gasteiger partial charge in [0.05, 0.1) is 17.4 Å². The van der Waals surface area contributed by atoms with Gasteiger partial charge in [-0.2, -0.15) is 5.10 Å². The van der Waals surface area contributed by atoms with Gasteiger partial charge in [-0.1, -0.05) is 6.07 Å². The van der Waals surface area contributed by atoms with Gasteiger partial charge >= 0.3 is 0 Å². The summed E-state index contributed by atoms with van der Waals surface area (Å²) >= 11 is 3.21. The maximum atomic E-state index is 13.0. The van der Waals surface area contributed by atoms with Crippen LogP contribution in [0, 0.1) is 5.82 Å². The van der Waals surface area contributed by atoms with E-state index >= 15 is 0 Å². The number of amides is 1. The molecule has 6 heteroatoms. The van der Waals surface area contributed by atoms with Gasteiger partial charge in [-0.3, -0.25) is 9.89 Å². The molecule has 0 aliphatic heterocycles. The van der Waals surface area contributed by atoms with Gasteiger partial charge in [0.1, 0.15) is 5.82 Å². The van der Waals surface area contributed by atoms with E-state index in [9.17, 15) is 9.18 Å². The molecule has 0 unspecified atom stereocenters. The molecule has 0 aliphatic carbocycles. The molecule has 0 bridgehead atoms. The van der Waals surface area contributed by atoms with E-state index in [1.807, 2.05) is 6.07 Å². The molecule has 2 aromatic carbocycles. The van der Waals surface area contributed by atoms with Gasteiger partial charge in [-0.25, -0.2) is 4.39 Å². The summed E-state index contributed by atoms with van der Waals surface area (Å²) < 4.78 is 13.5. The molecule has 4 nitrogen and oxygen atoms in total. The third-order valence-electron chi connectivity index (χ3n) is 2.88. The Morgan fingerprint density at radius 3 is 2.90 bits per heavy atom. The number of anilines is 1. The van der Waals surface area contributed by atoms with E-state index in [2.05, 4.69) is 31.4 Å². The van der Waals surface area contributed by atoms with Crippen molar-refractivity contribution in [3.8, 4) is 0 Å². The Morgan fingerprint density at radius 1 is 1.25 bits per heavy atom. The largest absolute Gasteiger partial charge is 0.321 e. The monoisotopic (exact) mass is 333 g/mol. The predicted octanol–water partition coefficient (Wildman–Crippen LogP) is 3.72. The second-order valence-electron chi connectivity index (χ2n) is 4.25. The number of fused-ring (bicyclic) bond motifs is 1. The van der Waals surface area contributed by atoms with Gasteiger partial charge in [-0.15, -0.1) is 0 Å². The average molecular weight is 334 g/mol. The first-order valence-electron chi connectivity index (χ1n) is 5.83. The summed E-state index contributed by atoms with van der Waals surface area (Å²) in [6.45, 7) is 0. The van der Waals surface area contributed by atoms with E-state index in [-0.39, 0.29) is 11.7 Å². The molecule has 1 heterocycles. The number of aromatic nitrogens is 2. The molecule has 0 fully saturated rings. The second kappa shape index (κ2) is 5.05. The lowest BCUT2D eigenvalue weighted by molar-refractivity contribution is 0.102. The fraction of sp³-hybridized carbons (Fsp3) is 0. The summed E-state index contributed by atoms with van der Waals surface area (Å²) in [6, 6.07) is 9.34. The zero-order valence-electron chi connectivity index (χ0n) is 10.2. The number of hydrogen-bond donors (Lipinski definition) is 2. The summed E-state index contributed by atoms with van der Waals surface area (Å²) in [5.41, 5.74) is 1.80. The van der Waals surface area contributed by atoms with Crippen LogP contribution in [0.3, 0.4) is 0 Å². The number of nitrogens with zero attached hydrogens (tertiary/aromatic N) is 1. The number of benzene rings is 2. The highest BCUT2D eigenvalue weighted by molar-refractivity contribution is 9.10. The van der Waals surface area contributed by atoms with E-state index in [0.29, 0.717) is 15.7 Å². The van der Waals surface area contributed by atoms with Crippen LogP contribution in [0.2, 0.25) is 0 Å². The molecule has 20 heavy (non-hydrogen) atoms. The quantitative estimate of drug-likeness (QED) is 0.750. The van der Waals surface area contributed by atoms with E-state index in [1.54, 1.807) is 18.3 Å². The van der Waals surface area contributed by atoms with E-state index < -0.39 is 0 Å². The first-order valence-corrected chi connectivity index (χ1v) is 6.62. The van der Waals surface area contributed by atoms with Crippen molar-refractivity contribution in [2.75, 3.05) is 5.32 Å². The highest BCUT2D eigenvalue weighted by Gasteiger charge is 2.10. The molecule has 3 aromatic rings. The number of hydrogen-bond acceptors (Lipinski definition) is 2. The van der Waals surface area contributed by atoms with Crippen molar-refractivity contribution in [1.29, 1.82) is 0 Å². The molecule has 0 radical (unpaired) electrons. The number of halogens is 2. The minimum absolute atomic E-state index is 0.270. The molecular weight excluding hydrogens is 325 g/mol. The van der Waals surface area contributed by atoms with E-state index in [0.717, 1.165) is 10.9 Å². The van der Waals surface area contributed by atoms with Crippen molar-refractivity contribution in [3.63, 3.8) is 0 Å². The third kappa shape index (κ3) is 2.42. The van der Waals surface area contributed by atoms with Crippen molar-refractivity contribution >= 4 is 38.4 Å². The van der Waals surface area contributed by atoms with Crippen LogP contribution in [0.1, 0.15) is 10.4 Å². The van der Waals surface area contributed by atoms with E-state index in [1.165, 1.54) is 18.2 Å². The van der Waals surface area contributed by atoms with Gasteiger partial charge in [0, 0.05) is 15.4 Å². The van der Waals surface area contributed by atoms with Crippen molar-refractivity contribution in [3.05, 3.63) is 58.4 Å². The van der Waals surface area contributed by atoms with Crippen LogP contribution >= 0.6 is 15.9 Å². The van der Waals surface area contributed by atoms with Gasteiger partial charge in [-0.05, 0) is 46.3 Å². The second-order valence-corrected chi connectivity index (χ2v) is 5.10. The molecule has 2 N–H and O–H groups in total. The number of carbonyl (C=O) groups is 1. The topological polar surface area (TPSA) is 57.8 Å². The van der Waals surface area contributed by atoms with Gasteiger partial charge in [0.2, 0.25) is 0 Å². The van der Waals surface area contributed by atoms with Crippen LogP contribution in [-0.4, -0.2) is 16.1 Å². The molecule has 1 aromatic heterocycles. The van der Waals surface area contributed by atoms with Crippen molar-refractivity contribution < 1.29 is 9.18 Å². The molecule has 0 aliphatic rings. The Hall–Kier alpha value is -2.21. The lowest BCUT2D eigenvalue weighted by Gasteiger charge is -2.07. The van der Waals surface area contributed by atoms with E-state index in [4.69, 9.17) is 0 Å². The molecule has 1 amide bonds. The zero-order chi connectivity index (χ0) is 14.1. The first kappa shape index (κ1) is 12.8. The number of H-pyrrole nitrogens is 1. The predicted molar refractivity (Wildman–Crippen MR) is 78.1 cm³/mol. The molecule has 0 saturated heterocycles. The van der Waals surface area contributed by atoms with Crippen LogP contribution in [-0.2, 0) is 0 Å². The summed E-state index contributed by atoms with van der Waals surface area (Å²) in [4.78, 5) is 12.2. The fourth-order valence-corrected chi connectivity index (χ4v) is 2.31. The van der Waals surface area contributed by atoms with Crippen LogP contribution in [0.15, 0.2) is 47.1 Å². The van der Waals surface area contributed by atoms with Gasteiger partial charge < -0.3 is 5.32 Å². The smallest absolute Gasteiger partial charge is 0.255 e. The minimum atomic E-state index is -0.367. The average Bonchev–Trinajstić information content (AvgIpc) is 2.89. The highest BCUT2D eigenvalue weighted by Crippen LogP contribution is 2.24. The summed E-state index contributed by atoms with van der Waals surface area (Å²) in [7, 11) is 0. The Balaban J connectivity index is 1.88. The molecule has 0 saturated carbocycles. The minimum Gasteiger partial charge on any atom is -0.321 e. The number of rotatable bonds is 2. The number of aromatic amines is 1. The molecular formula is C14H9BrFN3O. The lowest BCUT2D eigenvalue weighted by atomic mass is 10.1. The third-order valence-corrected chi connectivity index (χ3v) is 3.54. The normalized spacial score (nSPS) is 10.7. The Morgan fingerprint density at radius 2 is 2.10 bits per heavy atom. The zero-order valence-corrected chi connectivity index (χ0v) is 11.7. The maximum absolute atomic E-state index is 13.0. The van der Waals surface area contributed by atoms with Crippen molar-refractivity contribution in [2.24, 2.45) is 0 Å². The molecule has 3 rings (SSSR count). The van der Waals surface area contributed by atoms with Crippen molar-refractivity contribution in [2.45, 2.75) is 0 Å². The standard InChI is InChI=1S/C14H9BrFN3O/c15-11-6-10(16)3-4-12(11)18-14(20)8-1-2-9-7-17-19-13(9)5-8/h1-7H,(H,17,19)(H,18,20). The van der Waals surface area contributed by atoms with Crippen LogP contribution in [0.4, 0.5) is 10.1 Å². The Labute approximate surface area is 122 Å². The Kier molecular flexibility index (Phi) is 3.23. The number of nitrogens with one attached hydrogen (secondary N) is 2. The maximum Gasteiger partial charge on any atom is 0.255 e. The molecule has 100 valence electrons. The van der Waals surface area contributed by atoms with Gasteiger partial charge in [0.25, 0.3) is 5.91 Å². The summed E-state index contributed by atoms with van der Waals surface area (Å²) in [5, 5.41) is 10.4. The number of carbonyl (C=O) groups excluding carboxylic acids is 1. The molecule has 0 atom stereocenters. The van der Waals surface area contributed by atoms with Crippen molar-refractivity contribution in [1.82, 2.24) is 10.2 Å². The Bertz CT molecular complexity index is 800.